The van der Waals surface area contributed by atoms with Crippen LogP contribution in [-0.4, -0.2) is 15.6 Å². The van der Waals surface area contributed by atoms with Gasteiger partial charge in [0.05, 0.1) is 0 Å². The fourth-order valence-corrected chi connectivity index (χ4v) is 0.838. The predicted octanol–water partition coefficient (Wildman–Crippen LogP) is 1.33. The maximum Gasteiger partial charge on any atom is 0.154 e. The molecule has 1 aromatic heterocycles. The van der Waals surface area contributed by atoms with Crippen molar-refractivity contribution >= 4 is 11.5 Å². The van der Waals surface area contributed by atoms with Gasteiger partial charge in [-0.2, -0.15) is 5.10 Å². The summed E-state index contributed by atoms with van der Waals surface area (Å²) in [6.07, 6.45) is 5.03. The lowest BCUT2D eigenvalue weighted by molar-refractivity contribution is -0.112. The Hall–Kier alpha value is -1.38. The highest BCUT2D eigenvalue weighted by molar-refractivity contribution is 5.91. The zero-order valence-corrected chi connectivity index (χ0v) is 6.61. The van der Waals surface area contributed by atoms with Crippen LogP contribution in [0.5, 0.6) is 0 Å². The van der Waals surface area contributed by atoms with Crippen LogP contribution in [-0.2, 0) is 4.79 Å². The third-order valence-corrected chi connectivity index (χ3v) is 1.28. The van der Waals surface area contributed by atoms with E-state index in [0.29, 0.717) is 0 Å². The van der Waals surface area contributed by atoms with Gasteiger partial charge in [-0.25, -0.2) is 4.68 Å². The molecular weight excluding hydrogens is 140 g/mol. The molecule has 1 rings (SSSR count). The van der Waals surface area contributed by atoms with E-state index < -0.39 is 0 Å². The van der Waals surface area contributed by atoms with E-state index in [1.807, 2.05) is 13.0 Å². The molecule has 0 unspecified atom stereocenters. The Morgan fingerprint density at radius 2 is 2.27 bits per heavy atom. The molecule has 0 aliphatic carbocycles. The highest BCUT2D eigenvalue weighted by Gasteiger charge is 1.93. The van der Waals surface area contributed by atoms with Crippen molar-refractivity contribution in [3.05, 3.63) is 24.5 Å². The molecule has 0 radical (unpaired) electrons. The molecule has 0 aliphatic rings. The number of ketones is 1. The van der Waals surface area contributed by atoms with Crippen LogP contribution in [0.15, 0.2) is 24.5 Å². The second-order valence-electron chi connectivity index (χ2n) is 2.35. The van der Waals surface area contributed by atoms with Crippen LogP contribution >= 0.6 is 0 Å². The van der Waals surface area contributed by atoms with Crippen LogP contribution in [0.3, 0.4) is 0 Å². The molecule has 0 aliphatic heterocycles. The summed E-state index contributed by atoms with van der Waals surface area (Å²) in [7, 11) is 0. The first kappa shape index (κ1) is 7.72. The average Bonchev–Trinajstić information content (AvgIpc) is 2.35. The molecule has 0 spiro atoms. The summed E-state index contributed by atoms with van der Waals surface area (Å²) >= 11 is 0. The Balaban J connectivity index is 2.86. The number of carbonyl (C=O) groups is 1. The van der Waals surface area contributed by atoms with Crippen molar-refractivity contribution in [3.8, 4) is 0 Å². The Labute approximate surface area is 65.3 Å². The molecule has 1 aromatic rings. The van der Waals surface area contributed by atoms with Gasteiger partial charge in [0, 0.05) is 24.2 Å². The monoisotopic (exact) mass is 150 g/mol. The quantitative estimate of drug-likeness (QED) is 0.596. The first-order chi connectivity index (χ1) is 5.20. The smallest absolute Gasteiger partial charge is 0.154 e. The van der Waals surface area contributed by atoms with Gasteiger partial charge in [0.25, 0.3) is 0 Å². The van der Waals surface area contributed by atoms with Gasteiger partial charge in [-0.05, 0) is 19.9 Å². The summed E-state index contributed by atoms with van der Waals surface area (Å²) in [5, 5.41) is 3.97. The fourth-order valence-electron chi connectivity index (χ4n) is 0.838. The molecule has 0 saturated heterocycles. The van der Waals surface area contributed by atoms with E-state index in [4.69, 9.17) is 0 Å². The van der Waals surface area contributed by atoms with Crippen molar-refractivity contribution in [2.45, 2.75) is 13.8 Å². The molecule has 11 heavy (non-hydrogen) atoms. The van der Waals surface area contributed by atoms with Crippen LogP contribution in [0.25, 0.3) is 5.70 Å². The summed E-state index contributed by atoms with van der Waals surface area (Å²) in [6, 6.07) is 1.82. The molecule has 0 fully saturated rings. The summed E-state index contributed by atoms with van der Waals surface area (Å²) in [6.45, 7) is 3.36. The maximum absolute atomic E-state index is 10.6. The number of hydrogen-bond acceptors (Lipinski definition) is 2. The Kier molecular flexibility index (Phi) is 2.21. The normalized spacial score (nSPS) is 11.6. The molecule has 0 N–H and O–H groups in total. The van der Waals surface area contributed by atoms with Crippen molar-refractivity contribution in [3.63, 3.8) is 0 Å². The van der Waals surface area contributed by atoms with Gasteiger partial charge in [-0.15, -0.1) is 0 Å². The zero-order chi connectivity index (χ0) is 8.27. The van der Waals surface area contributed by atoms with Crippen molar-refractivity contribution in [1.29, 1.82) is 0 Å². The molecule has 0 saturated carbocycles. The first-order valence-corrected chi connectivity index (χ1v) is 3.39. The van der Waals surface area contributed by atoms with Gasteiger partial charge in [-0.1, -0.05) is 0 Å². The number of allylic oxidation sites excluding steroid dienone is 2. The third kappa shape index (κ3) is 2.04. The van der Waals surface area contributed by atoms with Crippen molar-refractivity contribution < 1.29 is 4.79 Å². The summed E-state index contributed by atoms with van der Waals surface area (Å²) < 4.78 is 1.65. The summed E-state index contributed by atoms with van der Waals surface area (Å²) in [4.78, 5) is 10.6. The van der Waals surface area contributed by atoms with Crippen molar-refractivity contribution in [2.24, 2.45) is 0 Å². The van der Waals surface area contributed by atoms with Crippen LogP contribution in [0.4, 0.5) is 0 Å². The lowest BCUT2D eigenvalue weighted by Gasteiger charge is -1.97. The molecule has 0 bridgehead atoms. The maximum atomic E-state index is 10.6. The van der Waals surface area contributed by atoms with Crippen LogP contribution in [0, 0.1) is 0 Å². The minimum absolute atomic E-state index is 0.0398. The lowest BCUT2D eigenvalue weighted by atomic mass is 10.3. The summed E-state index contributed by atoms with van der Waals surface area (Å²) in [5.74, 6) is 0.0398. The van der Waals surface area contributed by atoms with Crippen molar-refractivity contribution in [2.75, 3.05) is 0 Å². The van der Waals surface area contributed by atoms with Gasteiger partial charge in [0.2, 0.25) is 0 Å². The number of nitrogens with zero attached hydrogens (tertiary/aromatic N) is 2. The Morgan fingerprint density at radius 3 is 2.73 bits per heavy atom. The van der Waals surface area contributed by atoms with E-state index in [-0.39, 0.29) is 5.78 Å². The van der Waals surface area contributed by atoms with Gasteiger partial charge < -0.3 is 0 Å². The number of rotatable bonds is 2. The van der Waals surface area contributed by atoms with E-state index >= 15 is 0 Å². The second-order valence-corrected chi connectivity index (χ2v) is 2.35. The number of hydrogen-bond donors (Lipinski definition) is 0. The minimum atomic E-state index is 0.0398. The molecule has 58 valence electrons. The summed E-state index contributed by atoms with van der Waals surface area (Å²) in [5.41, 5.74) is 0.836. The SMILES string of the molecule is CC(=O)/C=C(/C)n1cccn1. The largest absolute Gasteiger partial charge is 0.295 e. The molecule has 0 amide bonds. The molecule has 1 heterocycles. The van der Waals surface area contributed by atoms with E-state index in [2.05, 4.69) is 5.10 Å². The molecule has 0 aromatic carbocycles. The third-order valence-electron chi connectivity index (χ3n) is 1.28. The number of aromatic nitrogens is 2. The van der Waals surface area contributed by atoms with Crippen LogP contribution < -0.4 is 0 Å². The molecule has 3 nitrogen and oxygen atoms in total. The van der Waals surface area contributed by atoms with Gasteiger partial charge in [-0.3, -0.25) is 4.79 Å². The van der Waals surface area contributed by atoms with Crippen LogP contribution in [0.2, 0.25) is 0 Å². The second kappa shape index (κ2) is 3.14. The highest BCUT2D eigenvalue weighted by atomic mass is 16.1. The van der Waals surface area contributed by atoms with Gasteiger partial charge in [0.1, 0.15) is 0 Å². The minimum Gasteiger partial charge on any atom is -0.295 e. The van der Waals surface area contributed by atoms with E-state index in [0.717, 1.165) is 5.70 Å². The Morgan fingerprint density at radius 1 is 1.55 bits per heavy atom. The predicted molar refractivity (Wildman–Crippen MR) is 42.9 cm³/mol. The molecule has 0 atom stereocenters. The topological polar surface area (TPSA) is 34.9 Å². The van der Waals surface area contributed by atoms with E-state index in [9.17, 15) is 4.79 Å². The van der Waals surface area contributed by atoms with Crippen molar-refractivity contribution in [1.82, 2.24) is 9.78 Å². The average molecular weight is 150 g/mol. The zero-order valence-electron chi connectivity index (χ0n) is 6.61. The fraction of sp³-hybridized carbons (Fsp3) is 0.250. The van der Waals surface area contributed by atoms with E-state index in [1.54, 1.807) is 23.2 Å². The van der Waals surface area contributed by atoms with Gasteiger partial charge >= 0.3 is 0 Å². The first-order valence-electron chi connectivity index (χ1n) is 3.39. The lowest BCUT2D eigenvalue weighted by Crippen LogP contribution is -1.95. The molecule has 3 heteroatoms. The Bertz CT molecular complexity index is 272. The van der Waals surface area contributed by atoms with E-state index in [1.165, 1.54) is 6.92 Å². The highest BCUT2D eigenvalue weighted by Crippen LogP contribution is 1.99. The number of carbonyl (C=O) groups excluding carboxylic acids is 1. The standard InChI is InChI=1S/C8H10N2O/c1-7(6-8(2)11)10-5-3-4-9-10/h3-6H,1-2H3/b7-6-. The molecular formula is C8H10N2O. The van der Waals surface area contributed by atoms with Gasteiger partial charge in [0.15, 0.2) is 5.78 Å². The van der Waals surface area contributed by atoms with Crippen LogP contribution in [0.1, 0.15) is 13.8 Å².